The van der Waals surface area contributed by atoms with Crippen LogP contribution in [0.3, 0.4) is 0 Å². The van der Waals surface area contributed by atoms with E-state index in [2.05, 4.69) is 13.2 Å². The molecule has 1 fully saturated rings. The molecule has 0 saturated heterocycles. The summed E-state index contributed by atoms with van der Waals surface area (Å²) in [7, 11) is 0. The fraction of sp³-hybridized carbons (Fsp3) is 0.600. The smallest absolute Gasteiger partial charge is 0.309 e. The Hall–Kier alpha value is -1.58. The fourth-order valence-electron chi connectivity index (χ4n) is 2.47. The van der Waals surface area contributed by atoms with Crippen LogP contribution in [0.4, 0.5) is 0 Å². The van der Waals surface area contributed by atoms with Gasteiger partial charge in [-0.3, -0.25) is 9.59 Å². The zero-order valence-corrected chi connectivity index (χ0v) is 11.5. The molecule has 106 valence electrons. The lowest BCUT2D eigenvalue weighted by molar-refractivity contribution is -0.156. The van der Waals surface area contributed by atoms with Crippen LogP contribution >= 0.6 is 0 Å². The average Bonchev–Trinajstić information content (AvgIpc) is 2.41. The summed E-state index contributed by atoms with van der Waals surface area (Å²) in [5.74, 6) is -0.482. The van der Waals surface area contributed by atoms with Crippen molar-refractivity contribution < 1.29 is 19.1 Å². The predicted octanol–water partition coefficient (Wildman–Crippen LogP) is 2.50. The van der Waals surface area contributed by atoms with Gasteiger partial charge < -0.3 is 9.47 Å². The molecular weight excluding hydrogens is 244 g/mol. The molecule has 1 saturated carbocycles. The normalized spacial score (nSPS) is 26.3. The summed E-state index contributed by atoms with van der Waals surface area (Å²) in [5, 5.41) is 0. The van der Waals surface area contributed by atoms with E-state index in [1.165, 1.54) is 0 Å². The molecule has 4 heteroatoms. The van der Waals surface area contributed by atoms with E-state index in [0.717, 1.165) is 0 Å². The van der Waals surface area contributed by atoms with Crippen LogP contribution in [0.5, 0.6) is 0 Å². The highest BCUT2D eigenvalue weighted by Crippen LogP contribution is 2.35. The standard InChI is InChI=1S/C15H22O4/c1-4-8-18-14(16)12-6-7-13(11(3)10-12)15(17)19-9-5-2/h4-5,11-13H,1-2,6-10H2,3H3. The first-order chi connectivity index (χ1) is 9.10. The van der Waals surface area contributed by atoms with Gasteiger partial charge in [-0.1, -0.05) is 32.2 Å². The molecule has 0 bridgehead atoms. The van der Waals surface area contributed by atoms with E-state index < -0.39 is 0 Å². The summed E-state index contributed by atoms with van der Waals surface area (Å²) in [5.41, 5.74) is 0. The van der Waals surface area contributed by atoms with Gasteiger partial charge >= 0.3 is 11.9 Å². The van der Waals surface area contributed by atoms with E-state index in [9.17, 15) is 9.59 Å². The Morgan fingerprint density at radius 1 is 1.11 bits per heavy atom. The first-order valence-corrected chi connectivity index (χ1v) is 6.65. The Balaban J connectivity index is 2.46. The van der Waals surface area contributed by atoms with Gasteiger partial charge in [-0.05, 0) is 25.2 Å². The first-order valence-electron chi connectivity index (χ1n) is 6.65. The molecule has 0 radical (unpaired) electrons. The van der Waals surface area contributed by atoms with E-state index in [4.69, 9.17) is 9.47 Å². The lowest BCUT2D eigenvalue weighted by Crippen LogP contribution is -2.34. The number of hydrogen-bond donors (Lipinski definition) is 0. The highest BCUT2D eigenvalue weighted by Gasteiger charge is 2.36. The zero-order valence-electron chi connectivity index (χ0n) is 11.5. The van der Waals surface area contributed by atoms with Gasteiger partial charge in [0.25, 0.3) is 0 Å². The Labute approximate surface area is 114 Å². The molecule has 1 aliphatic carbocycles. The monoisotopic (exact) mass is 266 g/mol. The molecular formula is C15H22O4. The van der Waals surface area contributed by atoms with Gasteiger partial charge in [0.05, 0.1) is 11.8 Å². The second-order valence-corrected chi connectivity index (χ2v) is 4.93. The number of esters is 2. The predicted molar refractivity (Wildman–Crippen MR) is 72.3 cm³/mol. The van der Waals surface area contributed by atoms with Gasteiger partial charge in [0.15, 0.2) is 0 Å². The van der Waals surface area contributed by atoms with Crippen molar-refractivity contribution >= 4 is 11.9 Å². The zero-order chi connectivity index (χ0) is 14.3. The van der Waals surface area contributed by atoms with E-state index >= 15 is 0 Å². The van der Waals surface area contributed by atoms with E-state index in [1.54, 1.807) is 12.2 Å². The molecule has 0 spiro atoms. The minimum Gasteiger partial charge on any atom is -0.461 e. The van der Waals surface area contributed by atoms with Gasteiger partial charge in [0.2, 0.25) is 0 Å². The Morgan fingerprint density at radius 3 is 2.21 bits per heavy atom. The number of ether oxygens (including phenoxy) is 2. The van der Waals surface area contributed by atoms with Crippen LogP contribution in [0.2, 0.25) is 0 Å². The molecule has 0 N–H and O–H groups in total. The minimum atomic E-state index is -0.190. The van der Waals surface area contributed by atoms with Crippen molar-refractivity contribution in [1.29, 1.82) is 0 Å². The fourth-order valence-corrected chi connectivity index (χ4v) is 2.47. The van der Waals surface area contributed by atoms with Crippen molar-refractivity contribution in [2.24, 2.45) is 17.8 Å². The van der Waals surface area contributed by atoms with Crippen LogP contribution < -0.4 is 0 Å². The topological polar surface area (TPSA) is 52.6 Å². The number of rotatable bonds is 6. The SMILES string of the molecule is C=CCOC(=O)C1CCC(C(=O)OCC=C)C(C)C1. The summed E-state index contributed by atoms with van der Waals surface area (Å²) in [6, 6.07) is 0. The molecule has 0 heterocycles. The molecule has 3 unspecified atom stereocenters. The quantitative estimate of drug-likeness (QED) is 0.547. The minimum absolute atomic E-state index is 0.113. The molecule has 0 aromatic rings. The third kappa shape index (κ3) is 4.54. The summed E-state index contributed by atoms with van der Waals surface area (Å²) in [6.45, 7) is 9.49. The largest absolute Gasteiger partial charge is 0.461 e. The maximum absolute atomic E-state index is 11.8. The second kappa shape index (κ2) is 7.77. The maximum Gasteiger partial charge on any atom is 0.309 e. The van der Waals surface area contributed by atoms with Crippen molar-refractivity contribution in [2.75, 3.05) is 13.2 Å². The summed E-state index contributed by atoms with van der Waals surface area (Å²) in [6.07, 6.45) is 5.13. The van der Waals surface area contributed by atoms with Gasteiger partial charge in [-0.2, -0.15) is 0 Å². The first kappa shape index (κ1) is 15.5. The van der Waals surface area contributed by atoms with Crippen LogP contribution in [0.1, 0.15) is 26.2 Å². The van der Waals surface area contributed by atoms with E-state index in [1.807, 2.05) is 6.92 Å². The highest BCUT2D eigenvalue weighted by atomic mass is 16.5. The number of carbonyl (C=O) groups excluding carboxylic acids is 2. The average molecular weight is 266 g/mol. The molecule has 19 heavy (non-hydrogen) atoms. The van der Waals surface area contributed by atoms with E-state index in [-0.39, 0.29) is 42.9 Å². The highest BCUT2D eigenvalue weighted by molar-refractivity contribution is 5.75. The van der Waals surface area contributed by atoms with Crippen molar-refractivity contribution in [2.45, 2.75) is 26.2 Å². The van der Waals surface area contributed by atoms with Crippen LogP contribution in [-0.2, 0) is 19.1 Å². The molecule has 1 aliphatic rings. The molecule has 3 atom stereocenters. The summed E-state index contributed by atoms with van der Waals surface area (Å²) >= 11 is 0. The number of hydrogen-bond acceptors (Lipinski definition) is 4. The lowest BCUT2D eigenvalue weighted by atomic mass is 9.75. The van der Waals surface area contributed by atoms with Crippen molar-refractivity contribution in [1.82, 2.24) is 0 Å². The summed E-state index contributed by atoms with van der Waals surface area (Å²) < 4.78 is 10.1. The molecule has 0 aromatic carbocycles. The van der Waals surface area contributed by atoms with Gasteiger partial charge in [-0.15, -0.1) is 0 Å². The third-order valence-electron chi connectivity index (χ3n) is 3.49. The van der Waals surface area contributed by atoms with Gasteiger partial charge in [0.1, 0.15) is 13.2 Å². The molecule has 0 aliphatic heterocycles. The second-order valence-electron chi connectivity index (χ2n) is 4.93. The van der Waals surface area contributed by atoms with Crippen molar-refractivity contribution in [3.63, 3.8) is 0 Å². The Bertz CT molecular complexity index is 348. The Kier molecular flexibility index (Phi) is 6.33. The van der Waals surface area contributed by atoms with Crippen LogP contribution in [0.15, 0.2) is 25.3 Å². The molecule has 1 rings (SSSR count). The Morgan fingerprint density at radius 2 is 1.68 bits per heavy atom. The van der Waals surface area contributed by atoms with Crippen LogP contribution in [0, 0.1) is 17.8 Å². The summed E-state index contributed by atoms with van der Waals surface area (Å²) in [4.78, 5) is 23.6. The van der Waals surface area contributed by atoms with Gasteiger partial charge in [0, 0.05) is 0 Å². The van der Waals surface area contributed by atoms with Crippen LogP contribution in [0.25, 0.3) is 0 Å². The van der Waals surface area contributed by atoms with E-state index in [0.29, 0.717) is 19.3 Å². The van der Waals surface area contributed by atoms with Crippen molar-refractivity contribution in [3.05, 3.63) is 25.3 Å². The molecule has 4 nitrogen and oxygen atoms in total. The number of carbonyl (C=O) groups is 2. The van der Waals surface area contributed by atoms with Gasteiger partial charge in [-0.25, -0.2) is 0 Å². The third-order valence-corrected chi connectivity index (χ3v) is 3.49. The van der Waals surface area contributed by atoms with Crippen LogP contribution in [-0.4, -0.2) is 25.2 Å². The molecule has 0 aromatic heterocycles. The maximum atomic E-state index is 11.8. The molecule has 0 amide bonds. The lowest BCUT2D eigenvalue weighted by Gasteiger charge is -2.31. The van der Waals surface area contributed by atoms with Crippen molar-refractivity contribution in [3.8, 4) is 0 Å².